The molecule has 0 aromatic rings. The van der Waals surface area contributed by atoms with Gasteiger partial charge in [0.25, 0.3) is 0 Å². The molecular formula is C18H28O8. The fourth-order valence-corrected chi connectivity index (χ4v) is 3.93. The number of aliphatic hydroxyl groups excluding tert-OH is 2. The quantitative estimate of drug-likeness (QED) is 0.459. The van der Waals surface area contributed by atoms with Gasteiger partial charge in [0.1, 0.15) is 10.8 Å². The molecule has 148 valence electrons. The van der Waals surface area contributed by atoms with E-state index in [1.54, 1.807) is 0 Å². The highest BCUT2D eigenvalue weighted by Crippen LogP contribution is 2.57. The molecule has 0 aromatic heterocycles. The first-order chi connectivity index (χ1) is 11.7. The Balaban J connectivity index is 3.86. The fourth-order valence-electron chi connectivity index (χ4n) is 3.93. The van der Waals surface area contributed by atoms with Crippen LogP contribution in [0.4, 0.5) is 0 Å². The molecule has 1 rings (SSSR count). The lowest BCUT2D eigenvalue weighted by Crippen LogP contribution is -2.66. The van der Waals surface area contributed by atoms with Gasteiger partial charge in [-0.05, 0) is 23.7 Å². The van der Waals surface area contributed by atoms with Crippen molar-refractivity contribution in [1.29, 1.82) is 0 Å². The first kappa shape index (κ1) is 22.2. The highest BCUT2D eigenvalue weighted by Gasteiger charge is 2.72. The smallest absolute Gasteiger partial charge is 0.318 e. The van der Waals surface area contributed by atoms with Crippen molar-refractivity contribution in [3.05, 3.63) is 0 Å². The number of carbonyl (C=O) groups excluding carboxylic acids is 2. The minimum Gasteiger partial charge on any atom is -0.480 e. The van der Waals surface area contributed by atoms with Crippen molar-refractivity contribution in [2.45, 2.75) is 53.4 Å². The van der Waals surface area contributed by atoms with Crippen molar-refractivity contribution in [3.8, 4) is 0 Å². The summed E-state index contributed by atoms with van der Waals surface area (Å²) in [6.45, 7) is 5.06. The van der Waals surface area contributed by atoms with Gasteiger partial charge in [-0.2, -0.15) is 0 Å². The molecule has 0 aromatic carbocycles. The largest absolute Gasteiger partial charge is 0.480 e. The standard InChI is InChI=1S/C18H28O8/c1-15(2,9-19)7-17(13(23)24)11(21)5-6-12(22)18(17,14(25)26)8-16(3,4)10-20/h19-20H,5-10H2,1-4H3,(H,23,24)(H,25,26). The van der Waals surface area contributed by atoms with Crippen LogP contribution < -0.4 is 0 Å². The maximum Gasteiger partial charge on any atom is 0.318 e. The molecule has 0 aliphatic heterocycles. The zero-order chi connectivity index (χ0) is 20.6. The predicted molar refractivity (Wildman–Crippen MR) is 90.4 cm³/mol. The molecule has 2 atom stereocenters. The minimum atomic E-state index is -2.51. The van der Waals surface area contributed by atoms with Crippen LogP contribution in [0, 0.1) is 21.7 Å². The number of aliphatic hydroxyl groups is 2. The lowest BCUT2D eigenvalue weighted by atomic mass is 9.47. The van der Waals surface area contributed by atoms with Crippen LogP contribution in [0.15, 0.2) is 0 Å². The summed E-state index contributed by atoms with van der Waals surface area (Å²) in [6, 6.07) is 0. The van der Waals surface area contributed by atoms with E-state index in [1.807, 2.05) is 0 Å². The Kier molecular flexibility index (Phi) is 6.05. The van der Waals surface area contributed by atoms with Crippen LogP contribution in [0.2, 0.25) is 0 Å². The normalized spacial score (nSPS) is 27.5. The van der Waals surface area contributed by atoms with Crippen LogP contribution in [-0.4, -0.2) is 57.1 Å². The van der Waals surface area contributed by atoms with Crippen molar-refractivity contribution >= 4 is 23.5 Å². The van der Waals surface area contributed by atoms with E-state index in [2.05, 4.69) is 0 Å². The molecule has 0 radical (unpaired) electrons. The molecule has 4 N–H and O–H groups in total. The Morgan fingerprint density at radius 2 is 1.08 bits per heavy atom. The monoisotopic (exact) mass is 372 g/mol. The van der Waals surface area contributed by atoms with Gasteiger partial charge in [0.15, 0.2) is 11.6 Å². The Labute approximate surface area is 152 Å². The Morgan fingerprint density at radius 3 is 1.27 bits per heavy atom. The topological polar surface area (TPSA) is 149 Å². The van der Waals surface area contributed by atoms with Crippen LogP contribution in [0.3, 0.4) is 0 Å². The Bertz CT molecular complexity index is 567. The minimum absolute atomic E-state index is 0.360. The van der Waals surface area contributed by atoms with Crippen molar-refractivity contribution in [1.82, 2.24) is 0 Å². The van der Waals surface area contributed by atoms with Crippen LogP contribution in [0.25, 0.3) is 0 Å². The van der Waals surface area contributed by atoms with E-state index in [4.69, 9.17) is 0 Å². The van der Waals surface area contributed by atoms with Gasteiger partial charge in [-0.25, -0.2) is 0 Å². The van der Waals surface area contributed by atoms with Gasteiger partial charge in [0.2, 0.25) is 0 Å². The summed E-state index contributed by atoms with van der Waals surface area (Å²) >= 11 is 0. The number of aliphatic carboxylic acids is 2. The molecule has 0 amide bonds. The summed E-state index contributed by atoms with van der Waals surface area (Å²) in [7, 11) is 0. The second-order valence-corrected chi connectivity index (χ2v) is 8.77. The highest BCUT2D eigenvalue weighted by molar-refractivity contribution is 6.20. The highest BCUT2D eigenvalue weighted by atomic mass is 16.4. The van der Waals surface area contributed by atoms with Gasteiger partial charge in [-0.1, -0.05) is 27.7 Å². The molecule has 1 fully saturated rings. The summed E-state index contributed by atoms with van der Waals surface area (Å²) in [5, 5.41) is 39.2. The molecule has 8 heteroatoms. The SMILES string of the molecule is CC(C)(CO)CC1(C(=O)O)C(=O)CCC(=O)C1(CC(C)(C)CO)C(=O)O. The summed E-state index contributed by atoms with van der Waals surface area (Å²) in [4.78, 5) is 50.4. The lowest BCUT2D eigenvalue weighted by Gasteiger charge is -2.50. The van der Waals surface area contributed by atoms with E-state index in [1.165, 1.54) is 27.7 Å². The van der Waals surface area contributed by atoms with E-state index in [-0.39, 0.29) is 12.8 Å². The number of Topliss-reactive ketones (excluding diaryl/α,β-unsaturated/α-hetero) is 2. The van der Waals surface area contributed by atoms with Gasteiger partial charge in [0, 0.05) is 26.1 Å². The molecule has 0 spiro atoms. The van der Waals surface area contributed by atoms with E-state index >= 15 is 0 Å². The van der Waals surface area contributed by atoms with E-state index in [0.717, 1.165) is 0 Å². The van der Waals surface area contributed by atoms with E-state index in [0.29, 0.717) is 0 Å². The maximum absolute atomic E-state index is 12.9. The molecule has 2 unspecified atom stereocenters. The number of carboxylic acids is 2. The summed E-state index contributed by atoms with van der Waals surface area (Å²) < 4.78 is 0. The van der Waals surface area contributed by atoms with Gasteiger partial charge in [-0.3, -0.25) is 19.2 Å². The third kappa shape index (κ3) is 3.40. The molecule has 1 saturated carbocycles. The predicted octanol–water partition coefficient (Wildman–Crippen LogP) is 0.878. The first-order valence-electron chi connectivity index (χ1n) is 8.47. The summed E-state index contributed by atoms with van der Waals surface area (Å²) in [5.41, 5.74) is -7.22. The van der Waals surface area contributed by atoms with Crippen LogP contribution in [0.1, 0.15) is 53.4 Å². The molecule has 1 aliphatic carbocycles. The van der Waals surface area contributed by atoms with Crippen molar-refractivity contribution in [3.63, 3.8) is 0 Å². The Hall–Kier alpha value is -1.80. The molecule has 26 heavy (non-hydrogen) atoms. The number of ketones is 2. The summed E-state index contributed by atoms with van der Waals surface area (Å²) in [6.07, 6.45) is -1.71. The zero-order valence-electron chi connectivity index (χ0n) is 15.7. The second-order valence-electron chi connectivity index (χ2n) is 8.77. The fraction of sp³-hybridized carbons (Fsp3) is 0.778. The van der Waals surface area contributed by atoms with Crippen molar-refractivity contribution < 1.29 is 39.6 Å². The Morgan fingerprint density at radius 1 is 0.808 bits per heavy atom. The molecule has 8 nitrogen and oxygen atoms in total. The third-order valence-electron chi connectivity index (χ3n) is 5.33. The van der Waals surface area contributed by atoms with Crippen molar-refractivity contribution in [2.24, 2.45) is 21.7 Å². The van der Waals surface area contributed by atoms with E-state index in [9.17, 15) is 39.6 Å². The lowest BCUT2D eigenvalue weighted by molar-refractivity contribution is -0.192. The first-order valence-corrected chi connectivity index (χ1v) is 8.47. The van der Waals surface area contributed by atoms with Gasteiger partial charge in [0.05, 0.1) is 0 Å². The van der Waals surface area contributed by atoms with Gasteiger partial charge >= 0.3 is 11.9 Å². The number of carboxylic acid groups (broad SMARTS) is 2. The van der Waals surface area contributed by atoms with Gasteiger partial charge < -0.3 is 20.4 Å². The summed E-state index contributed by atoms with van der Waals surface area (Å²) in [5.74, 6) is -5.04. The van der Waals surface area contributed by atoms with Crippen LogP contribution in [-0.2, 0) is 19.2 Å². The van der Waals surface area contributed by atoms with Crippen molar-refractivity contribution in [2.75, 3.05) is 13.2 Å². The zero-order valence-corrected chi connectivity index (χ0v) is 15.7. The average molecular weight is 372 g/mol. The third-order valence-corrected chi connectivity index (χ3v) is 5.33. The molecular weight excluding hydrogens is 344 g/mol. The number of carbonyl (C=O) groups is 4. The molecule has 0 saturated heterocycles. The number of hydrogen-bond acceptors (Lipinski definition) is 6. The van der Waals surface area contributed by atoms with Crippen LogP contribution >= 0.6 is 0 Å². The van der Waals surface area contributed by atoms with E-state index < -0.39 is 71.2 Å². The molecule has 1 aliphatic rings. The second kappa shape index (κ2) is 7.08. The number of hydrogen-bond donors (Lipinski definition) is 4. The van der Waals surface area contributed by atoms with Gasteiger partial charge in [-0.15, -0.1) is 0 Å². The van der Waals surface area contributed by atoms with Crippen LogP contribution in [0.5, 0.6) is 0 Å². The average Bonchev–Trinajstić information content (AvgIpc) is 2.53. The number of rotatable bonds is 8. The maximum atomic E-state index is 12.9. The molecule has 0 bridgehead atoms. The molecule has 0 heterocycles.